The summed E-state index contributed by atoms with van der Waals surface area (Å²) in [5.41, 5.74) is 1.64. The second kappa shape index (κ2) is 5.44. The number of rotatable bonds is 7. The van der Waals surface area contributed by atoms with E-state index in [2.05, 4.69) is 26.5 Å². The minimum Gasteiger partial charge on any atom is -0.164 e. The van der Waals surface area contributed by atoms with Gasteiger partial charge in [0.1, 0.15) is 6.72 Å². The molecule has 1 fully saturated rings. The fourth-order valence-electron chi connectivity index (χ4n) is 2.17. The first-order valence-corrected chi connectivity index (χ1v) is 5.72. The summed E-state index contributed by atoms with van der Waals surface area (Å²) in [5.74, 6) is 0. The van der Waals surface area contributed by atoms with Crippen molar-refractivity contribution in [2.24, 2.45) is 0 Å². The monoisotopic (exact) mass is 250 g/mol. The molecule has 1 heterocycles. The molecule has 2 unspecified atom stereocenters. The van der Waals surface area contributed by atoms with Crippen LogP contribution in [-0.2, 0) is 9.68 Å². The highest BCUT2D eigenvalue weighted by Gasteiger charge is 2.81. The zero-order valence-electron chi connectivity index (χ0n) is 11.4. The molecular weight excluding hydrogens is 228 g/mol. The normalized spacial score (nSPS) is 24.8. The summed E-state index contributed by atoms with van der Waals surface area (Å²) in [6.07, 6.45) is 5.41. The van der Waals surface area contributed by atoms with Crippen LogP contribution in [0.2, 0.25) is 0 Å². The molecule has 98 valence electrons. The fraction of sp³-hybridized carbons (Fsp3) is 0.357. The van der Waals surface area contributed by atoms with Crippen molar-refractivity contribution in [3.63, 3.8) is 0 Å². The third-order valence-electron chi connectivity index (χ3n) is 3.21. The maximum absolute atomic E-state index is 5.46. The highest BCUT2D eigenvalue weighted by Crippen LogP contribution is 2.45. The van der Waals surface area contributed by atoms with Gasteiger partial charge in [-0.15, -0.1) is 4.58 Å². The van der Waals surface area contributed by atoms with E-state index in [0.717, 1.165) is 11.3 Å². The van der Waals surface area contributed by atoms with Crippen molar-refractivity contribution in [3.05, 3.63) is 49.2 Å². The van der Waals surface area contributed by atoms with Crippen molar-refractivity contribution in [1.29, 1.82) is 0 Å². The van der Waals surface area contributed by atoms with Crippen molar-refractivity contribution < 1.29 is 19.1 Å². The lowest BCUT2D eigenvalue weighted by molar-refractivity contribution is -1.19. The van der Waals surface area contributed by atoms with E-state index < -0.39 is 0 Å². The fourth-order valence-corrected chi connectivity index (χ4v) is 2.17. The van der Waals surface area contributed by atoms with E-state index in [1.165, 1.54) is 0 Å². The second-order valence-electron chi connectivity index (χ2n) is 4.11. The molecule has 0 N–H and O–H groups in total. The van der Waals surface area contributed by atoms with Crippen molar-refractivity contribution in [2.75, 3.05) is 14.2 Å². The molecule has 1 saturated heterocycles. The summed E-state index contributed by atoms with van der Waals surface area (Å²) >= 11 is 0. The molecule has 1 aliphatic rings. The molecule has 0 aliphatic carbocycles. The summed E-state index contributed by atoms with van der Waals surface area (Å²) in [6.45, 7) is 17.6. The Hall–Kier alpha value is -1.49. The van der Waals surface area contributed by atoms with Crippen LogP contribution < -0.4 is 0 Å². The minimum absolute atomic E-state index is 0.00489. The SMILES string of the molecule is C=CC(=C)C1C([N+](=C)C(=C)/C=C\C)[N+]1(OC)OC. The smallest absolute Gasteiger partial charge is 0.164 e. The number of nitrogens with zero attached hydrogens (tertiary/aromatic N) is 2. The Morgan fingerprint density at radius 1 is 1.28 bits per heavy atom. The van der Waals surface area contributed by atoms with E-state index in [1.807, 2.05) is 19.1 Å². The molecule has 4 heteroatoms. The summed E-state index contributed by atoms with van der Waals surface area (Å²) in [6, 6.07) is -0.0444. The van der Waals surface area contributed by atoms with Gasteiger partial charge in [-0.25, -0.2) is 0 Å². The summed E-state index contributed by atoms with van der Waals surface area (Å²) in [4.78, 5) is 10.9. The van der Waals surface area contributed by atoms with Crippen LogP contribution in [0.15, 0.2) is 49.2 Å². The maximum Gasteiger partial charge on any atom is 0.408 e. The molecule has 4 nitrogen and oxygen atoms in total. The third-order valence-corrected chi connectivity index (χ3v) is 3.21. The molecule has 18 heavy (non-hydrogen) atoms. The van der Waals surface area contributed by atoms with Crippen LogP contribution in [0.5, 0.6) is 0 Å². The van der Waals surface area contributed by atoms with E-state index in [-0.39, 0.29) is 17.0 Å². The van der Waals surface area contributed by atoms with Gasteiger partial charge in [0.05, 0.1) is 14.2 Å². The van der Waals surface area contributed by atoms with Crippen molar-refractivity contribution in [3.8, 4) is 0 Å². The van der Waals surface area contributed by atoms with E-state index in [4.69, 9.17) is 9.68 Å². The van der Waals surface area contributed by atoms with Crippen LogP contribution in [0.4, 0.5) is 0 Å². The third kappa shape index (κ3) is 2.10. The largest absolute Gasteiger partial charge is 0.408 e. The first-order chi connectivity index (χ1) is 8.49. The molecule has 0 spiro atoms. The van der Waals surface area contributed by atoms with Gasteiger partial charge in [-0.05, 0) is 13.5 Å². The van der Waals surface area contributed by atoms with Gasteiger partial charge >= 0.3 is 12.2 Å². The predicted octanol–water partition coefficient (Wildman–Crippen LogP) is 2.18. The molecule has 2 atom stereocenters. The van der Waals surface area contributed by atoms with Gasteiger partial charge in [-0.2, -0.15) is 9.68 Å². The van der Waals surface area contributed by atoms with Crippen LogP contribution in [0.3, 0.4) is 0 Å². The Balaban J connectivity index is 3.01. The molecule has 1 rings (SSSR count). The van der Waals surface area contributed by atoms with E-state index >= 15 is 0 Å². The highest BCUT2D eigenvalue weighted by molar-refractivity contribution is 5.25. The quantitative estimate of drug-likeness (QED) is 0.227. The lowest BCUT2D eigenvalue weighted by Gasteiger charge is -2.09. The molecule has 0 radical (unpaired) electrons. The molecule has 0 amide bonds. The number of quaternary nitrogens is 1. The van der Waals surface area contributed by atoms with Crippen LogP contribution >= 0.6 is 0 Å². The molecule has 0 aromatic rings. The van der Waals surface area contributed by atoms with Gasteiger partial charge in [0.15, 0.2) is 0 Å². The Labute approximate surface area is 109 Å². The number of allylic oxidation sites excluding steroid dienone is 2. The topological polar surface area (TPSA) is 21.5 Å². The standard InChI is InChI=1S/C14H22N2O2/c1-8-10-12(4)15(5)14-13(11(3)9-2)16(14,17-6)18-7/h8-10,13-14H,2-5H2,1,6-7H3/q+2/b10-8-. The van der Waals surface area contributed by atoms with Gasteiger partial charge in [0.2, 0.25) is 5.70 Å². The van der Waals surface area contributed by atoms with E-state index in [1.54, 1.807) is 24.9 Å². The Morgan fingerprint density at radius 3 is 2.22 bits per heavy atom. The zero-order valence-corrected chi connectivity index (χ0v) is 11.4. The van der Waals surface area contributed by atoms with Gasteiger partial charge in [-0.1, -0.05) is 25.3 Å². The minimum atomic E-state index is -0.103. The first kappa shape index (κ1) is 14.6. The van der Waals surface area contributed by atoms with Crippen molar-refractivity contribution >= 4 is 6.72 Å². The molecule has 1 aliphatic heterocycles. The van der Waals surface area contributed by atoms with Gasteiger partial charge in [0, 0.05) is 16.5 Å². The predicted molar refractivity (Wildman–Crippen MR) is 72.5 cm³/mol. The summed E-state index contributed by atoms with van der Waals surface area (Å²) < 4.78 is 1.78. The Bertz CT molecular complexity index is 420. The molecular formula is C14H22N2O2+2. The van der Waals surface area contributed by atoms with Gasteiger partial charge in [0.25, 0.3) is 0 Å². The van der Waals surface area contributed by atoms with Crippen molar-refractivity contribution in [2.45, 2.75) is 19.1 Å². The lowest BCUT2D eigenvalue weighted by Crippen LogP contribution is -2.31. The first-order valence-electron chi connectivity index (χ1n) is 5.72. The van der Waals surface area contributed by atoms with Gasteiger partial charge in [-0.3, -0.25) is 0 Å². The number of hydroxylamine groups is 4. The summed E-state index contributed by atoms with van der Waals surface area (Å²) in [7, 11) is 3.19. The number of hydrogen-bond acceptors (Lipinski definition) is 2. The van der Waals surface area contributed by atoms with Crippen LogP contribution in [-0.4, -0.2) is 42.5 Å². The zero-order chi connectivity index (χ0) is 13.9. The number of hydrogen-bond donors (Lipinski definition) is 0. The summed E-state index contributed by atoms with van der Waals surface area (Å²) in [5, 5.41) is 0. The van der Waals surface area contributed by atoms with E-state index in [0.29, 0.717) is 0 Å². The van der Waals surface area contributed by atoms with E-state index in [9.17, 15) is 0 Å². The van der Waals surface area contributed by atoms with Crippen LogP contribution in [0, 0.1) is 0 Å². The molecule has 0 bridgehead atoms. The second-order valence-corrected chi connectivity index (χ2v) is 4.11. The highest BCUT2D eigenvalue weighted by atomic mass is 17.0. The van der Waals surface area contributed by atoms with Crippen molar-refractivity contribution in [1.82, 2.24) is 0 Å². The average Bonchev–Trinajstić information content (AvgIpc) is 3.06. The molecule has 0 aromatic heterocycles. The molecule has 0 aromatic carbocycles. The van der Waals surface area contributed by atoms with Crippen LogP contribution in [0.25, 0.3) is 0 Å². The lowest BCUT2D eigenvalue weighted by atomic mass is 10.2. The Kier molecular flexibility index (Phi) is 4.40. The maximum atomic E-state index is 5.46. The van der Waals surface area contributed by atoms with Gasteiger partial charge < -0.3 is 0 Å². The Morgan fingerprint density at radius 2 is 1.83 bits per heavy atom. The van der Waals surface area contributed by atoms with Crippen LogP contribution in [0.1, 0.15) is 6.92 Å². The molecule has 0 saturated carbocycles. The average molecular weight is 250 g/mol.